The maximum atomic E-state index is 12.9. The van der Waals surface area contributed by atoms with Gasteiger partial charge in [0.15, 0.2) is 5.82 Å². The van der Waals surface area contributed by atoms with E-state index in [1.807, 2.05) is 24.3 Å². The summed E-state index contributed by atoms with van der Waals surface area (Å²) in [5.41, 5.74) is 2.65. The summed E-state index contributed by atoms with van der Waals surface area (Å²) in [5.74, 6) is -0.597. The first-order valence-electron chi connectivity index (χ1n) is 9.70. The number of carboxylic acids is 1. The fourth-order valence-corrected chi connectivity index (χ4v) is 3.10. The maximum Gasteiger partial charge on any atom is 0.338 e. The molecule has 170 valence electrons. The average molecular weight is 461 g/mol. The van der Waals surface area contributed by atoms with Crippen LogP contribution in [0, 0.1) is 11.7 Å². The Morgan fingerprint density at radius 1 is 1.09 bits per heavy atom. The Hall–Kier alpha value is -3.21. The Kier molecular flexibility index (Phi) is 8.94. The van der Waals surface area contributed by atoms with Crippen LogP contribution in [0.25, 0.3) is 11.4 Å². The fraction of sp³-hybridized carbons (Fsp3) is 0.227. The van der Waals surface area contributed by atoms with Crippen molar-refractivity contribution in [1.82, 2.24) is 14.7 Å². The number of rotatable bonds is 7. The molecular weight excluding hydrogens is 435 g/mol. The van der Waals surface area contributed by atoms with E-state index in [4.69, 9.17) is 10.2 Å². The Balaban J connectivity index is 0.000000227. The van der Waals surface area contributed by atoms with Gasteiger partial charge in [-0.1, -0.05) is 50.2 Å². The van der Waals surface area contributed by atoms with Crippen LogP contribution < -0.4 is 9.86 Å². The SMILES string of the molecule is CC(C)Cc1cccc(CNS(N)(=O)=O)c1.O=C(O)c1cnc(-c2cccc(F)c2)nc1. The number of aromatic carboxylic acids is 1. The molecule has 0 spiro atoms. The minimum absolute atomic E-state index is 0.000142. The van der Waals surface area contributed by atoms with Crippen LogP contribution >= 0.6 is 0 Å². The van der Waals surface area contributed by atoms with Crippen LogP contribution in [-0.2, 0) is 23.2 Å². The predicted octanol–water partition coefficient (Wildman–Crippen LogP) is 3.16. The van der Waals surface area contributed by atoms with Crippen molar-refractivity contribution in [1.29, 1.82) is 0 Å². The number of nitrogens with one attached hydrogen (secondary N) is 1. The molecule has 1 aromatic heterocycles. The third kappa shape index (κ3) is 8.88. The first-order valence-corrected chi connectivity index (χ1v) is 11.2. The highest BCUT2D eigenvalue weighted by atomic mass is 32.2. The average Bonchev–Trinajstić information content (AvgIpc) is 2.72. The number of halogens is 1. The Morgan fingerprint density at radius 3 is 2.28 bits per heavy atom. The Bertz CT molecular complexity index is 1150. The Morgan fingerprint density at radius 2 is 1.72 bits per heavy atom. The largest absolute Gasteiger partial charge is 0.478 e. The summed E-state index contributed by atoms with van der Waals surface area (Å²) in [4.78, 5) is 18.3. The lowest BCUT2D eigenvalue weighted by atomic mass is 10.0. The Labute approximate surface area is 186 Å². The molecular formula is C22H25FN4O4S. The van der Waals surface area contributed by atoms with E-state index >= 15 is 0 Å². The zero-order chi connectivity index (χ0) is 23.7. The molecule has 2 aromatic carbocycles. The first kappa shape index (κ1) is 25.1. The fourth-order valence-electron chi connectivity index (χ4n) is 2.74. The van der Waals surface area contributed by atoms with E-state index in [-0.39, 0.29) is 17.9 Å². The molecule has 0 saturated carbocycles. The highest BCUT2D eigenvalue weighted by Crippen LogP contribution is 2.15. The molecule has 4 N–H and O–H groups in total. The van der Waals surface area contributed by atoms with E-state index in [1.54, 1.807) is 12.1 Å². The molecule has 0 amide bonds. The van der Waals surface area contributed by atoms with Crippen molar-refractivity contribution >= 4 is 16.2 Å². The molecule has 0 unspecified atom stereocenters. The molecule has 0 bridgehead atoms. The van der Waals surface area contributed by atoms with Gasteiger partial charge in [-0.25, -0.2) is 24.3 Å². The van der Waals surface area contributed by atoms with Gasteiger partial charge in [0.05, 0.1) is 5.56 Å². The van der Waals surface area contributed by atoms with Gasteiger partial charge in [0.25, 0.3) is 10.2 Å². The molecule has 0 aliphatic rings. The van der Waals surface area contributed by atoms with Gasteiger partial charge in [0, 0.05) is 24.5 Å². The van der Waals surface area contributed by atoms with E-state index in [1.165, 1.54) is 30.1 Å². The summed E-state index contributed by atoms with van der Waals surface area (Å²) in [6.45, 7) is 4.54. The number of nitrogens with zero attached hydrogens (tertiary/aromatic N) is 2. The van der Waals surface area contributed by atoms with E-state index < -0.39 is 16.2 Å². The van der Waals surface area contributed by atoms with Crippen LogP contribution in [0.3, 0.4) is 0 Å². The van der Waals surface area contributed by atoms with Gasteiger partial charge >= 0.3 is 5.97 Å². The van der Waals surface area contributed by atoms with E-state index in [0.717, 1.165) is 12.0 Å². The summed E-state index contributed by atoms with van der Waals surface area (Å²) in [6.07, 6.45) is 3.37. The molecule has 3 aromatic rings. The van der Waals surface area contributed by atoms with Gasteiger partial charge in [0.1, 0.15) is 5.82 Å². The van der Waals surface area contributed by atoms with Gasteiger partial charge in [-0.05, 0) is 35.6 Å². The zero-order valence-corrected chi connectivity index (χ0v) is 18.5. The third-order valence-electron chi connectivity index (χ3n) is 4.09. The highest BCUT2D eigenvalue weighted by Gasteiger charge is 2.06. The van der Waals surface area contributed by atoms with Gasteiger partial charge in [0.2, 0.25) is 0 Å². The molecule has 32 heavy (non-hydrogen) atoms. The molecule has 0 aliphatic heterocycles. The molecule has 0 atom stereocenters. The minimum atomic E-state index is -3.61. The second-order valence-electron chi connectivity index (χ2n) is 7.39. The summed E-state index contributed by atoms with van der Waals surface area (Å²) >= 11 is 0. The topological polar surface area (TPSA) is 135 Å². The molecule has 0 aliphatic carbocycles. The van der Waals surface area contributed by atoms with Crippen LogP contribution in [-0.4, -0.2) is 29.5 Å². The highest BCUT2D eigenvalue weighted by molar-refractivity contribution is 7.87. The van der Waals surface area contributed by atoms with Crippen molar-refractivity contribution in [2.45, 2.75) is 26.8 Å². The maximum absolute atomic E-state index is 12.9. The van der Waals surface area contributed by atoms with Crippen molar-refractivity contribution in [3.05, 3.63) is 83.4 Å². The number of carboxylic acid groups (broad SMARTS) is 1. The second-order valence-corrected chi connectivity index (χ2v) is 8.77. The van der Waals surface area contributed by atoms with Crippen molar-refractivity contribution < 1.29 is 22.7 Å². The van der Waals surface area contributed by atoms with Crippen molar-refractivity contribution in [3.63, 3.8) is 0 Å². The third-order valence-corrected chi connectivity index (χ3v) is 4.64. The van der Waals surface area contributed by atoms with Crippen LogP contribution in [0.1, 0.15) is 35.3 Å². The summed E-state index contributed by atoms with van der Waals surface area (Å²) < 4.78 is 36.6. The van der Waals surface area contributed by atoms with E-state index in [0.29, 0.717) is 17.3 Å². The van der Waals surface area contributed by atoms with E-state index in [2.05, 4.69) is 28.5 Å². The number of hydrogen-bond donors (Lipinski definition) is 3. The van der Waals surface area contributed by atoms with Crippen LogP contribution in [0.2, 0.25) is 0 Å². The second kappa shape index (κ2) is 11.4. The standard InChI is InChI=1S/C11H7FN2O2.C11H18N2O2S/c12-9-3-1-2-7(4-9)10-13-5-8(6-14-10)11(15)16;1-9(2)6-10-4-3-5-11(7-10)8-13-16(12,14)15/h1-6H,(H,15,16);3-5,7,9,13H,6,8H2,1-2H3,(H2,12,14,15). The lowest BCUT2D eigenvalue weighted by molar-refractivity contribution is 0.0696. The number of carbonyl (C=O) groups is 1. The van der Waals surface area contributed by atoms with Gasteiger partial charge in [-0.2, -0.15) is 13.1 Å². The molecule has 0 fully saturated rings. The van der Waals surface area contributed by atoms with Gasteiger partial charge in [-0.15, -0.1) is 0 Å². The lowest BCUT2D eigenvalue weighted by Crippen LogP contribution is -2.30. The molecule has 8 nitrogen and oxygen atoms in total. The number of hydrogen-bond acceptors (Lipinski definition) is 5. The van der Waals surface area contributed by atoms with Crippen molar-refractivity contribution in [3.8, 4) is 11.4 Å². The summed E-state index contributed by atoms with van der Waals surface area (Å²) in [6, 6.07) is 13.6. The molecule has 3 rings (SSSR count). The lowest BCUT2D eigenvalue weighted by Gasteiger charge is -2.07. The first-order chi connectivity index (χ1) is 15.0. The summed E-state index contributed by atoms with van der Waals surface area (Å²) in [7, 11) is -3.61. The molecule has 0 radical (unpaired) electrons. The molecule has 1 heterocycles. The number of aromatic nitrogens is 2. The molecule has 0 saturated heterocycles. The normalized spacial score (nSPS) is 11.0. The predicted molar refractivity (Wildman–Crippen MR) is 119 cm³/mol. The monoisotopic (exact) mass is 460 g/mol. The smallest absolute Gasteiger partial charge is 0.338 e. The van der Waals surface area contributed by atoms with E-state index in [9.17, 15) is 17.6 Å². The zero-order valence-electron chi connectivity index (χ0n) is 17.7. The van der Waals surface area contributed by atoms with Gasteiger partial charge in [-0.3, -0.25) is 0 Å². The molecule has 10 heteroatoms. The summed E-state index contributed by atoms with van der Waals surface area (Å²) in [5, 5.41) is 13.5. The van der Waals surface area contributed by atoms with Crippen molar-refractivity contribution in [2.24, 2.45) is 11.1 Å². The quantitative estimate of drug-likeness (QED) is 0.496. The van der Waals surface area contributed by atoms with Crippen molar-refractivity contribution in [2.75, 3.05) is 0 Å². The number of nitrogens with two attached hydrogens (primary N) is 1. The minimum Gasteiger partial charge on any atom is -0.478 e. The van der Waals surface area contributed by atoms with Crippen LogP contribution in [0.4, 0.5) is 4.39 Å². The van der Waals surface area contributed by atoms with Gasteiger partial charge < -0.3 is 5.11 Å². The number of benzene rings is 2. The van der Waals surface area contributed by atoms with Crippen LogP contribution in [0.15, 0.2) is 60.9 Å². The van der Waals surface area contributed by atoms with Crippen LogP contribution in [0.5, 0.6) is 0 Å².